The number of amides is 3. The van der Waals surface area contributed by atoms with Crippen molar-refractivity contribution < 1.29 is 53.8 Å². The number of fused-ring (bicyclic) bond motifs is 2. The van der Waals surface area contributed by atoms with Crippen LogP contribution in [0.2, 0.25) is 0 Å². The maximum Gasteiger partial charge on any atom is 0.415 e. The van der Waals surface area contributed by atoms with E-state index < -0.39 is 52.9 Å². The molecule has 1 saturated carbocycles. The third kappa shape index (κ3) is 15.5. The fraction of sp³-hybridized carbons (Fsp3) is 0.585. The Balaban J connectivity index is 0.00000963. The number of methoxy groups -OCH3 is 1. The van der Waals surface area contributed by atoms with E-state index in [2.05, 4.69) is 19.8 Å². The molecule has 3 heterocycles. The number of ether oxygens (including phenoxy) is 7. The summed E-state index contributed by atoms with van der Waals surface area (Å²) in [4.78, 5) is 67.6. The van der Waals surface area contributed by atoms with Crippen LogP contribution in [0.25, 0.3) is 11.0 Å². The molecule has 5 atom stereocenters. The standard InChI is InChI=1S/C53H75N7O11.H2/c1-50(2,3)69-47(62)56-40(46(61)65-13)26-29-58(27-17-28-59(49(64)71-52(7,8)9)30-24-35-20-22-38(23-21-35)66-37-18-15-14-16-19-37)33-36-32-41(43-42(36)67-53(10,11)68-43)60-31-25-39-44(54-34-55-45(39)60)57(12)48(63)70-51(4,5)6;/h14-16,18-23,25,31,34,36,40-43H,17,24,26-30,32-33H2,1-13H3,(H,56,62);1H/t36-,40+,41-,42-,43+;/m1./s1. The molecule has 0 unspecified atom stereocenters. The van der Waals surface area contributed by atoms with Crippen molar-refractivity contribution in [2.24, 2.45) is 5.92 Å². The van der Waals surface area contributed by atoms with Crippen LogP contribution in [0.1, 0.15) is 108 Å². The van der Waals surface area contributed by atoms with Crippen LogP contribution in [0.15, 0.2) is 73.2 Å². The van der Waals surface area contributed by atoms with Gasteiger partial charge in [-0.3, -0.25) is 4.90 Å². The van der Waals surface area contributed by atoms with Gasteiger partial charge in [-0.1, -0.05) is 30.3 Å². The molecule has 390 valence electrons. The Bertz CT molecular complexity index is 2430. The molecule has 0 radical (unpaired) electrons. The molecule has 3 amide bonds. The van der Waals surface area contributed by atoms with E-state index in [0.29, 0.717) is 74.6 Å². The second kappa shape index (κ2) is 22.6. The number of alkyl carbamates (subject to hydrolysis) is 1. The molecule has 2 aromatic heterocycles. The van der Waals surface area contributed by atoms with Gasteiger partial charge in [-0.25, -0.2) is 29.1 Å². The van der Waals surface area contributed by atoms with Crippen molar-refractivity contribution in [3.05, 3.63) is 78.8 Å². The number of anilines is 1. The molecule has 0 spiro atoms. The smallest absolute Gasteiger partial charge is 0.415 e. The zero-order valence-corrected chi connectivity index (χ0v) is 43.9. The number of esters is 1. The van der Waals surface area contributed by atoms with Gasteiger partial charge in [-0.15, -0.1) is 0 Å². The summed E-state index contributed by atoms with van der Waals surface area (Å²) in [7, 11) is 2.91. The van der Waals surface area contributed by atoms with Crippen LogP contribution in [0.5, 0.6) is 11.5 Å². The van der Waals surface area contributed by atoms with Crippen LogP contribution in [0.4, 0.5) is 20.2 Å². The summed E-state index contributed by atoms with van der Waals surface area (Å²) < 4.78 is 43.6. The lowest BCUT2D eigenvalue weighted by Gasteiger charge is -2.31. The number of para-hydroxylation sites is 1. The molecule has 18 nitrogen and oxygen atoms in total. The lowest BCUT2D eigenvalue weighted by Crippen LogP contribution is -2.46. The molecule has 1 N–H and O–H groups in total. The van der Waals surface area contributed by atoms with Gasteiger partial charge in [0, 0.05) is 46.8 Å². The summed E-state index contributed by atoms with van der Waals surface area (Å²) in [5.74, 6) is 0.326. The second-order valence-corrected chi connectivity index (χ2v) is 21.8. The minimum atomic E-state index is -0.993. The number of aromatic nitrogens is 3. The molecule has 2 aromatic carbocycles. The highest BCUT2D eigenvalue weighted by Gasteiger charge is 2.55. The number of rotatable bonds is 18. The predicted octanol–water partition coefficient (Wildman–Crippen LogP) is 9.55. The molecule has 1 aliphatic heterocycles. The highest BCUT2D eigenvalue weighted by atomic mass is 16.8. The molecule has 18 heteroatoms. The average Bonchev–Trinajstić information content (AvgIpc) is 3.95. The van der Waals surface area contributed by atoms with E-state index in [1.54, 1.807) is 32.7 Å². The predicted molar refractivity (Wildman–Crippen MR) is 271 cm³/mol. The molecular weight excluding hydrogens is 911 g/mol. The van der Waals surface area contributed by atoms with Gasteiger partial charge in [0.25, 0.3) is 0 Å². The average molecular weight is 988 g/mol. The fourth-order valence-electron chi connectivity index (χ4n) is 8.91. The van der Waals surface area contributed by atoms with Crippen LogP contribution in [0, 0.1) is 5.92 Å². The Morgan fingerprint density at radius 3 is 2.08 bits per heavy atom. The summed E-state index contributed by atoms with van der Waals surface area (Å²) in [5, 5.41) is 3.40. The van der Waals surface area contributed by atoms with Crippen molar-refractivity contribution in [2.45, 2.75) is 149 Å². The van der Waals surface area contributed by atoms with E-state index in [9.17, 15) is 19.2 Å². The Hall–Kier alpha value is -5.98. The van der Waals surface area contributed by atoms with Gasteiger partial charge in [0.05, 0.1) is 24.6 Å². The van der Waals surface area contributed by atoms with Crippen molar-refractivity contribution in [1.82, 2.24) is 29.7 Å². The maximum atomic E-state index is 13.8. The summed E-state index contributed by atoms with van der Waals surface area (Å²) in [6.07, 6.45) is 3.04. The van der Waals surface area contributed by atoms with Crippen LogP contribution in [-0.2, 0) is 39.6 Å². The van der Waals surface area contributed by atoms with Crippen molar-refractivity contribution >= 4 is 41.1 Å². The first kappa shape index (κ1) is 54.4. The summed E-state index contributed by atoms with van der Waals surface area (Å²) in [6.45, 7) is 22.3. The number of nitrogens with one attached hydrogen (secondary N) is 1. The van der Waals surface area contributed by atoms with Gasteiger partial charge in [0.1, 0.15) is 52.4 Å². The second-order valence-electron chi connectivity index (χ2n) is 21.8. The van der Waals surface area contributed by atoms with Gasteiger partial charge in [0.2, 0.25) is 0 Å². The lowest BCUT2D eigenvalue weighted by molar-refractivity contribution is -0.161. The summed E-state index contributed by atoms with van der Waals surface area (Å²) in [5.41, 5.74) is -0.519. The number of hydrogen-bond donors (Lipinski definition) is 1. The minimum Gasteiger partial charge on any atom is -0.467 e. The quantitative estimate of drug-likeness (QED) is 0.0734. The summed E-state index contributed by atoms with van der Waals surface area (Å²) in [6, 6.07) is 18.1. The third-order valence-electron chi connectivity index (χ3n) is 11.9. The van der Waals surface area contributed by atoms with Gasteiger partial charge in [-0.2, -0.15) is 0 Å². The SMILES string of the molecule is COC(=O)[C@H](CCN(CCCN(CCc1ccc(Oc2ccccc2)cc1)C(=O)OC(C)(C)C)C[C@H]1C[C@@H](n2ccc3c(N(C)C(=O)OC(C)(C)C)ncnc32)[C@@H]2OC(C)(C)O[C@H]12)NC(=O)OC(C)(C)C.[HH]. The van der Waals surface area contributed by atoms with Crippen molar-refractivity contribution in [2.75, 3.05) is 51.8 Å². The highest BCUT2D eigenvalue weighted by molar-refractivity contribution is 5.97. The molecule has 2 aliphatic rings. The Labute approximate surface area is 420 Å². The van der Waals surface area contributed by atoms with Crippen molar-refractivity contribution in [1.29, 1.82) is 0 Å². The number of carbonyl (C=O) groups excluding carboxylic acids is 4. The molecule has 4 aromatic rings. The van der Waals surface area contributed by atoms with Gasteiger partial charge in [0.15, 0.2) is 11.6 Å². The maximum absolute atomic E-state index is 13.8. The molecule has 2 fully saturated rings. The number of nitrogens with zero attached hydrogens (tertiary/aromatic N) is 6. The molecule has 6 rings (SSSR count). The third-order valence-corrected chi connectivity index (χ3v) is 11.9. The zero-order valence-electron chi connectivity index (χ0n) is 43.9. The zero-order chi connectivity index (χ0) is 51.9. The van der Waals surface area contributed by atoms with E-state index in [-0.39, 0.29) is 32.0 Å². The van der Waals surface area contributed by atoms with Crippen molar-refractivity contribution in [3.8, 4) is 11.5 Å². The van der Waals surface area contributed by atoms with Crippen LogP contribution < -0.4 is 15.0 Å². The Morgan fingerprint density at radius 2 is 1.44 bits per heavy atom. The molecule has 1 saturated heterocycles. The Morgan fingerprint density at radius 1 is 0.803 bits per heavy atom. The van der Waals surface area contributed by atoms with Gasteiger partial charge >= 0.3 is 24.2 Å². The number of carbonyl (C=O) groups is 4. The van der Waals surface area contributed by atoms with E-state index >= 15 is 0 Å². The first-order chi connectivity index (χ1) is 33.3. The van der Waals surface area contributed by atoms with E-state index in [4.69, 9.17) is 38.1 Å². The highest BCUT2D eigenvalue weighted by Crippen LogP contribution is 2.48. The van der Waals surface area contributed by atoms with E-state index in [1.807, 2.05) is 122 Å². The first-order valence-electron chi connectivity index (χ1n) is 24.5. The lowest BCUT2D eigenvalue weighted by atomic mass is 10.0. The first-order valence-corrected chi connectivity index (χ1v) is 24.5. The Kier molecular flexibility index (Phi) is 17.3. The summed E-state index contributed by atoms with van der Waals surface area (Å²) >= 11 is 0. The molecule has 0 bridgehead atoms. The largest absolute Gasteiger partial charge is 0.467 e. The molecule has 1 aliphatic carbocycles. The number of hydrogen-bond acceptors (Lipinski definition) is 14. The monoisotopic (exact) mass is 988 g/mol. The normalized spacial score (nSPS) is 19.2. The van der Waals surface area contributed by atoms with E-state index in [0.717, 1.165) is 11.3 Å². The van der Waals surface area contributed by atoms with Crippen molar-refractivity contribution in [3.63, 3.8) is 0 Å². The van der Waals surface area contributed by atoms with Crippen LogP contribution in [0.3, 0.4) is 0 Å². The molecular formula is C53H77N7O11. The minimum absolute atomic E-state index is 0. The number of benzene rings is 2. The van der Waals surface area contributed by atoms with Crippen LogP contribution in [-0.4, -0.2) is 136 Å². The van der Waals surface area contributed by atoms with Gasteiger partial charge < -0.3 is 52.8 Å². The molecule has 71 heavy (non-hydrogen) atoms. The van der Waals surface area contributed by atoms with E-state index in [1.165, 1.54) is 18.3 Å². The van der Waals surface area contributed by atoms with Gasteiger partial charge in [-0.05, 0) is 144 Å². The van der Waals surface area contributed by atoms with Crippen LogP contribution >= 0.6 is 0 Å². The fourth-order valence-corrected chi connectivity index (χ4v) is 8.91. The topological polar surface area (TPSA) is 185 Å².